The third-order valence-electron chi connectivity index (χ3n) is 6.56. The van der Waals surface area contributed by atoms with Crippen molar-refractivity contribution >= 4 is 0 Å². The van der Waals surface area contributed by atoms with Crippen molar-refractivity contribution in [2.45, 2.75) is 57.3 Å². The van der Waals surface area contributed by atoms with Crippen molar-refractivity contribution in [1.82, 2.24) is 0 Å². The van der Waals surface area contributed by atoms with E-state index < -0.39 is 11.6 Å². The largest absolute Gasteiger partial charge is 0.206 e. The maximum atomic E-state index is 14.5. The lowest BCUT2D eigenvalue weighted by atomic mass is 9.73. The number of hydrogen-bond acceptors (Lipinski definition) is 0. The maximum absolute atomic E-state index is 14.5. The Morgan fingerprint density at radius 1 is 0.643 bits per heavy atom. The smallest absolute Gasteiger partial charge is 0.160 e. The summed E-state index contributed by atoms with van der Waals surface area (Å²) in [6.45, 7) is 0. The highest BCUT2D eigenvalue weighted by Gasteiger charge is 2.30. The summed E-state index contributed by atoms with van der Waals surface area (Å²) in [5.74, 6) is 5.46. The molecule has 0 N–H and O–H groups in total. The van der Waals surface area contributed by atoms with E-state index >= 15 is 0 Å². The minimum Gasteiger partial charge on any atom is -0.206 e. The van der Waals surface area contributed by atoms with Gasteiger partial charge in [-0.15, -0.1) is 0 Å². The Bertz CT molecular complexity index is 892. The second kappa shape index (κ2) is 8.43. The number of rotatable bonds is 2. The van der Waals surface area contributed by atoms with Gasteiger partial charge in [0.05, 0.1) is 5.56 Å². The summed E-state index contributed by atoms with van der Waals surface area (Å²) in [6, 6.07) is 8.73. The van der Waals surface area contributed by atoms with Crippen LogP contribution in [0, 0.1) is 41.1 Å². The molecule has 0 aliphatic heterocycles. The van der Waals surface area contributed by atoms with Gasteiger partial charge in [-0.3, -0.25) is 0 Å². The zero-order valence-electron chi connectivity index (χ0n) is 16.0. The van der Waals surface area contributed by atoms with Gasteiger partial charge < -0.3 is 0 Å². The molecule has 2 saturated carbocycles. The summed E-state index contributed by atoms with van der Waals surface area (Å²) in [5, 5.41) is 0. The summed E-state index contributed by atoms with van der Waals surface area (Å²) in [4.78, 5) is 0. The van der Waals surface area contributed by atoms with Crippen LogP contribution in [0.15, 0.2) is 36.4 Å². The first-order valence-electron chi connectivity index (χ1n) is 10.4. The third-order valence-corrected chi connectivity index (χ3v) is 6.56. The SMILES string of the molecule is Fc1ccc(C#Cc2ccc(C3CCC(C4CCCC4)CC3)cc2F)cc1F. The summed E-state index contributed by atoms with van der Waals surface area (Å²) in [7, 11) is 0. The quantitative estimate of drug-likeness (QED) is 0.492. The van der Waals surface area contributed by atoms with Crippen LogP contribution in [0.4, 0.5) is 13.2 Å². The average Bonchev–Trinajstić information content (AvgIpc) is 3.24. The fourth-order valence-corrected chi connectivity index (χ4v) is 4.95. The van der Waals surface area contributed by atoms with E-state index in [0.717, 1.165) is 42.4 Å². The first-order chi connectivity index (χ1) is 13.6. The van der Waals surface area contributed by atoms with Crippen LogP contribution >= 0.6 is 0 Å². The lowest BCUT2D eigenvalue weighted by Crippen LogP contribution is -2.19. The molecule has 4 rings (SSSR count). The molecule has 0 bridgehead atoms. The van der Waals surface area contributed by atoms with Crippen molar-refractivity contribution in [3.05, 3.63) is 70.5 Å². The molecule has 3 heteroatoms. The van der Waals surface area contributed by atoms with Gasteiger partial charge in [0.25, 0.3) is 0 Å². The minimum absolute atomic E-state index is 0.285. The van der Waals surface area contributed by atoms with Gasteiger partial charge >= 0.3 is 0 Å². The van der Waals surface area contributed by atoms with Crippen molar-refractivity contribution in [2.24, 2.45) is 11.8 Å². The van der Waals surface area contributed by atoms with Crippen LogP contribution in [-0.4, -0.2) is 0 Å². The van der Waals surface area contributed by atoms with Gasteiger partial charge in [-0.1, -0.05) is 43.6 Å². The maximum Gasteiger partial charge on any atom is 0.160 e. The van der Waals surface area contributed by atoms with Crippen molar-refractivity contribution in [1.29, 1.82) is 0 Å². The molecule has 2 aromatic carbocycles. The Labute approximate surface area is 165 Å². The van der Waals surface area contributed by atoms with E-state index in [1.165, 1.54) is 44.6 Å². The normalized spacial score (nSPS) is 22.7. The molecule has 0 unspecified atom stereocenters. The Balaban J connectivity index is 1.42. The van der Waals surface area contributed by atoms with Gasteiger partial charge in [-0.2, -0.15) is 0 Å². The zero-order chi connectivity index (χ0) is 19.5. The van der Waals surface area contributed by atoms with Crippen LogP contribution < -0.4 is 0 Å². The summed E-state index contributed by atoms with van der Waals surface area (Å²) < 4.78 is 40.8. The standard InChI is InChI=1S/C25H25F3/c26-23-14-6-17(15-25(23)28)5-7-21-12-13-22(16-24(21)27)20-10-8-19(9-11-20)18-3-1-2-4-18/h6,12-16,18-20H,1-4,8-11H2. The van der Waals surface area contributed by atoms with Crippen LogP contribution in [0.1, 0.15) is 74.0 Å². The fourth-order valence-electron chi connectivity index (χ4n) is 4.95. The summed E-state index contributed by atoms with van der Waals surface area (Å²) in [5.41, 5.74) is 1.67. The van der Waals surface area contributed by atoms with Gasteiger partial charge in [-0.25, -0.2) is 13.2 Å². The van der Waals surface area contributed by atoms with E-state index in [4.69, 9.17) is 0 Å². The topological polar surface area (TPSA) is 0 Å². The predicted octanol–water partition coefficient (Wildman–Crippen LogP) is 6.97. The van der Waals surface area contributed by atoms with E-state index in [1.807, 2.05) is 6.07 Å². The van der Waals surface area contributed by atoms with Crippen LogP contribution in [0.25, 0.3) is 0 Å². The Morgan fingerprint density at radius 2 is 1.36 bits per heavy atom. The molecule has 0 nitrogen and oxygen atoms in total. The Hall–Kier alpha value is -2.21. The monoisotopic (exact) mass is 382 g/mol. The lowest BCUT2D eigenvalue weighted by molar-refractivity contribution is 0.235. The molecular formula is C25H25F3. The number of halogens is 3. The Morgan fingerprint density at radius 3 is 2.04 bits per heavy atom. The molecule has 2 aliphatic rings. The van der Waals surface area contributed by atoms with E-state index in [0.29, 0.717) is 11.5 Å². The average molecular weight is 382 g/mol. The van der Waals surface area contributed by atoms with E-state index in [1.54, 1.807) is 12.1 Å². The molecule has 28 heavy (non-hydrogen) atoms. The molecule has 2 fully saturated rings. The van der Waals surface area contributed by atoms with Crippen molar-refractivity contribution < 1.29 is 13.2 Å². The van der Waals surface area contributed by atoms with Crippen LogP contribution in [0.2, 0.25) is 0 Å². The van der Waals surface area contributed by atoms with Crippen LogP contribution in [0.5, 0.6) is 0 Å². The highest BCUT2D eigenvalue weighted by atomic mass is 19.2. The van der Waals surface area contributed by atoms with Gasteiger partial charge in [0.1, 0.15) is 5.82 Å². The molecule has 0 spiro atoms. The molecule has 0 amide bonds. The summed E-state index contributed by atoms with van der Waals surface area (Å²) >= 11 is 0. The highest BCUT2D eigenvalue weighted by molar-refractivity contribution is 5.44. The third kappa shape index (κ3) is 4.27. The van der Waals surface area contributed by atoms with Crippen molar-refractivity contribution in [3.8, 4) is 11.8 Å². The van der Waals surface area contributed by atoms with Crippen molar-refractivity contribution in [3.63, 3.8) is 0 Å². The van der Waals surface area contributed by atoms with Gasteiger partial charge in [0.15, 0.2) is 11.6 Å². The molecule has 0 heterocycles. The molecular weight excluding hydrogens is 357 g/mol. The molecule has 0 radical (unpaired) electrons. The molecule has 0 atom stereocenters. The number of benzene rings is 2. The zero-order valence-corrected chi connectivity index (χ0v) is 16.0. The van der Waals surface area contributed by atoms with Gasteiger partial charge in [-0.05, 0) is 79.3 Å². The molecule has 146 valence electrons. The number of hydrogen-bond donors (Lipinski definition) is 0. The van der Waals surface area contributed by atoms with E-state index in [2.05, 4.69) is 11.8 Å². The Kier molecular flexibility index (Phi) is 5.76. The fraction of sp³-hybridized carbons (Fsp3) is 0.440. The lowest BCUT2D eigenvalue weighted by Gasteiger charge is -2.32. The predicted molar refractivity (Wildman–Crippen MR) is 105 cm³/mol. The second-order valence-corrected chi connectivity index (χ2v) is 8.27. The first kappa shape index (κ1) is 19.1. The molecule has 2 aliphatic carbocycles. The van der Waals surface area contributed by atoms with E-state index in [9.17, 15) is 13.2 Å². The first-order valence-corrected chi connectivity index (χ1v) is 10.4. The molecule has 0 saturated heterocycles. The van der Waals surface area contributed by atoms with Crippen LogP contribution in [0.3, 0.4) is 0 Å². The highest BCUT2D eigenvalue weighted by Crippen LogP contribution is 2.43. The minimum atomic E-state index is -0.948. The van der Waals surface area contributed by atoms with Crippen LogP contribution in [-0.2, 0) is 0 Å². The second-order valence-electron chi connectivity index (χ2n) is 8.27. The van der Waals surface area contributed by atoms with E-state index in [-0.39, 0.29) is 11.4 Å². The van der Waals surface area contributed by atoms with Crippen molar-refractivity contribution in [2.75, 3.05) is 0 Å². The molecule has 2 aromatic rings. The summed E-state index contributed by atoms with van der Waals surface area (Å²) in [6.07, 6.45) is 10.4. The van der Waals surface area contributed by atoms with Gasteiger partial charge in [0.2, 0.25) is 0 Å². The molecule has 0 aromatic heterocycles. The van der Waals surface area contributed by atoms with Gasteiger partial charge in [0, 0.05) is 5.56 Å².